The largest absolute Gasteiger partial charge is 0.457 e. The molecule has 1 fully saturated rings. The number of carbonyl (C=O) groups excluding carboxylic acids is 1. The minimum Gasteiger partial charge on any atom is -0.457 e. The molecule has 0 aromatic carbocycles. The Bertz CT molecular complexity index is 203. The number of esters is 1. The molecule has 1 saturated carbocycles. The number of hydrogen-bond donors (Lipinski definition) is 0. The van der Waals surface area contributed by atoms with E-state index >= 15 is 0 Å². The predicted octanol–water partition coefficient (Wildman–Crippen LogP) is 2.61. The van der Waals surface area contributed by atoms with Crippen LogP contribution in [0.15, 0.2) is 0 Å². The van der Waals surface area contributed by atoms with Crippen LogP contribution in [-0.4, -0.2) is 22.6 Å². The molecule has 1 aliphatic carbocycles. The second kappa shape index (κ2) is 4.01. The highest BCUT2D eigenvalue weighted by Crippen LogP contribution is 2.28. The maximum atomic E-state index is 13.0. The van der Waals surface area contributed by atoms with Crippen LogP contribution in [0.25, 0.3) is 0 Å². The maximum absolute atomic E-state index is 13.0. The van der Waals surface area contributed by atoms with Crippen LogP contribution in [0.4, 0.5) is 4.39 Å². The molecule has 0 spiro atoms. The Hall–Kier alpha value is -0.0200. The average molecular weight is 229 g/mol. The summed E-state index contributed by atoms with van der Waals surface area (Å²) >= 11 is 11.0. The topological polar surface area (TPSA) is 26.3 Å². The summed E-state index contributed by atoms with van der Waals surface area (Å²) < 4.78 is 16.2. The molecular weight excluding hydrogens is 218 g/mol. The van der Waals surface area contributed by atoms with Crippen molar-refractivity contribution in [3.05, 3.63) is 0 Å². The van der Waals surface area contributed by atoms with Gasteiger partial charge in [-0.15, -0.1) is 0 Å². The second-order valence-corrected chi connectivity index (χ2v) is 4.98. The standard InChI is InChI=1S/C8H11Cl2FO2/c1-8(9,10)7(12)13-6-4-2-3-5(6)11/h5-6H,2-4H2,1H3/t5-,6-/m1/s1. The third kappa shape index (κ3) is 2.99. The summed E-state index contributed by atoms with van der Waals surface area (Å²) in [6, 6.07) is 0. The fourth-order valence-corrected chi connectivity index (χ4v) is 1.34. The SMILES string of the molecule is CC(Cl)(Cl)C(=O)O[C@@H]1CCC[C@H]1F. The van der Waals surface area contributed by atoms with Gasteiger partial charge in [-0.1, -0.05) is 23.2 Å². The zero-order valence-corrected chi connectivity index (χ0v) is 8.74. The summed E-state index contributed by atoms with van der Waals surface area (Å²) in [7, 11) is 0. The quantitative estimate of drug-likeness (QED) is 0.537. The van der Waals surface area contributed by atoms with E-state index in [1.807, 2.05) is 0 Å². The van der Waals surface area contributed by atoms with Gasteiger partial charge >= 0.3 is 5.97 Å². The fourth-order valence-electron chi connectivity index (χ4n) is 1.25. The first-order valence-electron chi connectivity index (χ1n) is 4.14. The molecule has 0 aliphatic heterocycles. The van der Waals surface area contributed by atoms with Crippen LogP contribution >= 0.6 is 23.2 Å². The van der Waals surface area contributed by atoms with Crippen LogP contribution < -0.4 is 0 Å². The van der Waals surface area contributed by atoms with Gasteiger partial charge in [0.05, 0.1) is 0 Å². The van der Waals surface area contributed by atoms with Crippen LogP contribution in [0.3, 0.4) is 0 Å². The van der Waals surface area contributed by atoms with Crippen LogP contribution in [0.2, 0.25) is 0 Å². The molecule has 0 amide bonds. The van der Waals surface area contributed by atoms with Gasteiger partial charge in [-0.25, -0.2) is 9.18 Å². The molecule has 0 radical (unpaired) electrons. The van der Waals surface area contributed by atoms with E-state index in [1.54, 1.807) is 0 Å². The molecule has 0 bridgehead atoms. The lowest BCUT2D eigenvalue weighted by molar-refractivity contribution is -0.151. The van der Waals surface area contributed by atoms with Gasteiger partial charge in [-0.05, 0) is 26.2 Å². The molecule has 76 valence electrons. The molecule has 5 heteroatoms. The summed E-state index contributed by atoms with van der Waals surface area (Å²) in [5, 5.41) is 0. The van der Waals surface area contributed by atoms with Gasteiger partial charge in [0, 0.05) is 0 Å². The molecule has 0 heterocycles. The van der Waals surface area contributed by atoms with Crippen molar-refractivity contribution in [2.75, 3.05) is 0 Å². The average Bonchev–Trinajstić information content (AvgIpc) is 2.34. The number of rotatable bonds is 2. The van der Waals surface area contributed by atoms with E-state index in [9.17, 15) is 9.18 Å². The number of halogens is 3. The summed E-state index contributed by atoms with van der Waals surface area (Å²) in [6.45, 7) is 1.31. The van der Waals surface area contributed by atoms with Crippen molar-refractivity contribution in [3.63, 3.8) is 0 Å². The Balaban J connectivity index is 2.45. The molecule has 1 aliphatic rings. The van der Waals surface area contributed by atoms with Crippen LogP contribution in [0.5, 0.6) is 0 Å². The highest BCUT2D eigenvalue weighted by Gasteiger charge is 2.36. The summed E-state index contributed by atoms with van der Waals surface area (Å²) in [6.07, 6.45) is 0.0000896. The van der Waals surface area contributed by atoms with Crippen molar-refractivity contribution in [1.29, 1.82) is 0 Å². The van der Waals surface area contributed by atoms with Crippen molar-refractivity contribution in [1.82, 2.24) is 0 Å². The molecule has 1 rings (SSSR count). The van der Waals surface area contributed by atoms with Gasteiger partial charge in [-0.3, -0.25) is 0 Å². The highest BCUT2D eigenvalue weighted by molar-refractivity contribution is 6.57. The number of hydrogen-bond acceptors (Lipinski definition) is 2. The van der Waals surface area contributed by atoms with E-state index in [4.69, 9.17) is 27.9 Å². The van der Waals surface area contributed by atoms with Gasteiger partial charge < -0.3 is 4.74 Å². The lowest BCUT2D eigenvalue weighted by Gasteiger charge is -2.18. The van der Waals surface area contributed by atoms with Crippen molar-refractivity contribution in [2.24, 2.45) is 0 Å². The minimum atomic E-state index is -1.58. The van der Waals surface area contributed by atoms with E-state index in [2.05, 4.69) is 0 Å². The molecule has 0 aromatic rings. The third-order valence-electron chi connectivity index (χ3n) is 1.99. The van der Waals surface area contributed by atoms with Crippen molar-refractivity contribution in [3.8, 4) is 0 Å². The van der Waals surface area contributed by atoms with Crippen LogP contribution in [-0.2, 0) is 9.53 Å². The summed E-state index contributed by atoms with van der Waals surface area (Å²) in [4.78, 5) is 11.1. The Morgan fingerprint density at radius 1 is 1.54 bits per heavy atom. The summed E-state index contributed by atoms with van der Waals surface area (Å²) in [5.74, 6) is -0.773. The first-order valence-corrected chi connectivity index (χ1v) is 4.90. The normalized spacial score (nSPS) is 28.9. The second-order valence-electron chi connectivity index (χ2n) is 3.28. The number of alkyl halides is 3. The molecule has 2 atom stereocenters. The maximum Gasteiger partial charge on any atom is 0.342 e. The van der Waals surface area contributed by atoms with E-state index in [0.717, 1.165) is 6.42 Å². The summed E-state index contributed by atoms with van der Waals surface area (Å²) in [5.41, 5.74) is 0. The minimum absolute atomic E-state index is 0.444. The first-order chi connectivity index (χ1) is 5.91. The van der Waals surface area contributed by atoms with E-state index in [-0.39, 0.29) is 0 Å². The van der Waals surface area contributed by atoms with Crippen molar-refractivity contribution < 1.29 is 13.9 Å². The Morgan fingerprint density at radius 2 is 2.15 bits per heavy atom. The van der Waals surface area contributed by atoms with Crippen molar-refractivity contribution >= 4 is 29.2 Å². The lowest BCUT2D eigenvalue weighted by Crippen LogP contribution is -2.31. The van der Waals surface area contributed by atoms with Gasteiger partial charge in [0.15, 0.2) is 0 Å². The Labute approximate surface area is 86.3 Å². The number of carbonyl (C=O) groups is 1. The Kier molecular flexibility index (Phi) is 3.41. The van der Waals surface area contributed by atoms with E-state index < -0.39 is 22.6 Å². The molecule has 2 nitrogen and oxygen atoms in total. The van der Waals surface area contributed by atoms with Gasteiger partial charge in [-0.2, -0.15) is 0 Å². The molecule has 0 unspecified atom stereocenters. The molecule has 0 aromatic heterocycles. The Morgan fingerprint density at radius 3 is 2.54 bits per heavy atom. The third-order valence-corrected chi connectivity index (χ3v) is 2.30. The lowest BCUT2D eigenvalue weighted by atomic mass is 10.3. The zero-order chi connectivity index (χ0) is 10.1. The van der Waals surface area contributed by atoms with Gasteiger partial charge in [0.2, 0.25) is 4.33 Å². The number of ether oxygens (including phenoxy) is 1. The molecule has 0 saturated heterocycles. The fraction of sp³-hybridized carbons (Fsp3) is 0.875. The van der Waals surface area contributed by atoms with E-state index in [0.29, 0.717) is 12.8 Å². The monoisotopic (exact) mass is 228 g/mol. The van der Waals surface area contributed by atoms with Gasteiger partial charge in [0.25, 0.3) is 0 Å². The molecule has 0 N–H and O–H groups in total. The van der Waals surface area contributed by atoms with Crippen molar-refractivity contribution in [2.45, 2.75) is 42.8 Å². The smallest absolute Gasteiger partial charge is 0.342 e. The van der Waals surface area contributed by atoms with Crippen LogP contribution in [0, 0.1) is 0 Å². The van der Waals surface area contributed by atoms with E-state index in [1.165, 1.54) is 6.92 Å². The van der Waals surface area contributed by atoms with Gasteiger partial charge in [0.1, 0.15) is 12.3 Å². The molecular formula is C8H11Cl2FO2. The molecule has 13 heavy (non-hydrogen) atoms. The highest BCUT2D eigenvalue weighted by atomic mass is 35.5. The first kappa shape index (κ1) is 11.1. The predicted molar refractivity (Wildman–Crippen MR) is 48.7 cm³/mol. The van der Waals surface area contributed by atoms with Crippen LogP contribution in [0.1, 0.15) is 26.2 Å². The zero-order valence-electron chi connectivity index (χ0n) is 7.23.